The van der Waals surface area contributed by atoms with E-state index in [4.69, 9.17) is 11.6 Å². The fourth-order valence-electron chi connectivity index (χ4n) is 0.260. The lowest BCUT2D eigenvalue weighted by Gasteiger charge is -1.94. The second-order valence-electron chi connectivity index (χ2n) is 1.70. The predicted molar refractivity (Wildman–Crippen MR) is 34.4 cm³/mol. The van der Waals surface area contributed by atoms with Crippen LogP contribution in [0.5, 0.6) is 0 Å². The van der Waals surface area contributed by atoms with Gasteiger partial charge in [0.25, 0.3) is 0 Å². The summed E-state index contributed by atoms with van der Waals surface area (Å²) in [4.78, 5) is 0. The molecule has 0 saturated carbocycles. The fourth-order valence-corrected chi connectivity index (χ4v) is 0.509. The van der Waals surface area contributed by atoms with Gasteiger partial charge in [0.2, 0.25) is 0 Å². The fraction of sp³-hybridized carbons (Fsp3) is 0.667. The van der Waals surface area contributed by atoms with Crippen LogP contribution < -0.4 is 0 Å². The van der Waals surface area contributed by atoms with E-state index in [1.165, 1.54) is 6.42 Å². The molecule has 0 N–H and O–H groups in total. The molecule has 0 aromatic heterocycles. The highest BCUT2D eigenvalue weighted by atomic mass is 35.5. The van der Waals surface area contributed by atoms with E-state index in [-0.39, 0.29) is 0 Å². The van der Waals surface area contributed by atoms with Gasteiger partial charge < -0.3 is 0 Å². The van der Waals surface area contributed by atoms with Crippen LogP contribution in [-0.4, -0.2) is 0 Å². The van der Waals surface area contributed by atoms with E-state index in [0.29, 0.717) is 5.92 Å². The molecule has 1 heteroatoms. The van der Waals surface area contributed by atoms with Gasteiger partial charge in [0.05, 0.1) is 0 Å². The number of halogens is 1. The molecule has 0 saturated heterocycles. The minimum absolute atomic E-state index is 0.637. The van der Waals surface area contributed by atoms with Gasteiger partial charge in [-0.1, -0.05) is 37.9 Å². The second kappa shape index (κ2) is 4.20. The number of allylic oxidation sites excluding steroid dienone is 1. The topological polar surface area (TPSA) is 0 Å². The molecule has 0 aliphatic heterocycles. The number of hydrogen-bond acceptors (Lipinski definition) is 0. The molecule has 0 aliphatic rings. The third-order valence-electron chi connectivity index (χ3n) is 1.05. The number of rotatable bonds is 2. The summed E-state index contributed by atoms with van der Waals surface area (Å²) in [6, 6.07) is 0. The summed E-state index contributed by atoms with van der Waals surface area (Å²) >= 11 is 5.29. The molecule has 1 unspecified atom stereocenters. The summed E-state index contributed by atoms with van der Waals surface area (Å²) in [7, 11) is 0. The van der Waals surface area contributed by atoms with Crippen LogP contribution in [-0.2, 0) is 0 Å². The van der Waals surface area contributed by atoms with Crippen molar-refractivity contribution in [3.63, 3.8) is 0 Å². The van der Waals surface area contributed by atoms with Gasteiger partial charge in [0, 0.05) is 5.54 Å². The Balaban J connectivity index is 3.16. The smallest absolute Gasteiger partial charge is 0.000514 e. The van der Waals surface area contributed by atoms with Gasteiger partial charge in [-0.15, -0.1) is 0 Å². The van der Waals surface area contributed by atoms with E-state index in [2.05, 4.69) is 13.8 Å². The first kappa shape index (κ1) is 7.03. The Morgan fingerprint density at radius 3 is 2.43 bits per heavy atom. The minimum Gasteiger partial charge on any atom is -0.0933 e. The van der Waals surface area contributed by atoms with Crippen LogP contribution in [0.4, 0.5) is 0 Å². The SMILES string of the molecule is CCC(C)C=CCl. The monoisotopic (exact) mass is 118 g/mol. The van der Waals surface area contributed by atoms with Crippen molar-refractivity contribution in [3.05, 3.63) is 11.6 Å². The maximum atomic E-state index is 5.29. The van der Waals surface area contributed by atoms with E-state index < -0.39 is 0 Å². The van der Waals surface area contributed by atoms with Crippen molar-refractivity contribution in [2.24, 2.45) is 5.92 Å². The summed E-state index contributed by atoms with van der Waals surface area (Å²) < 4.78 is 0. The first-order chi connectivity index (χ1) is 3.31. The molecule has 0 amide bonds. The van der Waals surface area contributed by atoms with Gasteiger partial charge in [0.15, 0.2) is 0 Å². The van der Waals surface area contributed by atoms with E-state index >= 15 is 0 Å². The molecule has 0 aromatic carbocycles. The van der Waals surface area contributed by atoms with Crippen LogP contribution in [0.2, 0.25) is 0 Å². The third-order valence-corrected chi connectivity index (χ3v) is 1.19. The zero-order valence-electron chi connectivity index (χ0n) is 4.82. The van der Waals surface area contributed by atoms with Crippen LogP contribution in [0, 0.1) is 5.92 Å². The second-order valence-corrected chi connectivity index (χ2v) is 1.96. The molecule has 0 nitrogen and oxygen atoms in total. The van der Waals surface area contributed by atoms with Crippen molar-refractivity contribution < 1.29 is 0 Å². The predicted octanol–water partition coefficient (Wildman–Crippen LogP) is 2.79. The Hall–Kier alpha value is 0.0300. The Morgan fingerprint density at radius 2 is 2.29 bits per heavy atom. The average molecular weight is 119 g/mol. The molecule has 0 aromatic rings. The normalized spacial score (nSPS) is 15.3. The summed E-state index contributed by atoms with van der Waals surface area (Å²) in [5.74, 6) is 0.637. The molecule has 0 heterocycles. The molecule has 7 heavy (non-hydrogen) atoms. The zero-order chi connectivity index (χ0) is 5.70. The molecule has 0 aliphatic carbocycles. The Kier molecular flexibility index (Phi) is 4.21. The molecule has 0 bridgehead atoms. The number of hydrogen-bond donors (Lipinski definition) is 0. The largest absolute Gasteiger partial charge is 0.0933 e. The highest BCUT2D eigenvalue weighted by Gasteiger charge is 1.86. The van der Waals surface area contributed by atoms with Gasteiger partial charge in [-0.2, -0.15) is 0 Å². The first-order valence-electron chi connectivity index (χ1n) is 2.58. The van der Waals surface area contributed by atoms with Gasteiger partial charge in [0.1, 0.15) is 0 Å². The standard InChI is InChI=1S/C6H11Cl/c1-3-6(2)4-5-7/h4-6H,3H2,1-2H3. The van der Waals surface area contributed by atoms with E-state index in [0.717, 1.165) is 0 Å². The lowest BCUT2D eigenvalue weighted by molar-refractivity contribution is 0.699. The van der Waals surface area contributed by atoms with Crippen LogP contribution in [0.3, 0.4) is 0 Å². The van der Waals surface area contributed by atoms with Crippen LogP contribution in [0.15, 0.2) is 11.6 Å². The molecular formula is C6H11Cl. The van der Waals surface area contributed by atoms with Crippen molar-refractivity contribution >= 4 is 11.6 Å². The van der Waals surface area contributed by atoms with Crippen molar-refractivity contribution in [2.75, 3.05) is 0 Å². The van der Waals surface area contributed by atoms with E-state index in [1.54, 1.807) is 5.54 Å². The molecule has 0 radical (unpaired) electrons. The van der Waals surface area contributed by atoms with Gasteiger partial charge in [-0.05, 0) is 5.92 Å². The summed E-state index contributed by atoms with van der Waals surface area (Å²) in [6.07, 6.45) is 3.16. The third kappa shape index (κ3) is 3.87. The van der Waals surface area contributed by atoms with Crippen molar-refractivity contribution in [2.45, 2.75) is 20.3 Å². The molecule has 42 valence electrons. The molecular weight excluding hydrogens is 108 g/mol. The minimum atomic E-state index is 0.637. The Morgan fingerprint density at radius 1 is 1.71 bits per heavy atom. The zero-order valence-corrected chi connectivity index (χ0v) is 5.57. The first-order valence-corrected chi connectivity index (χ1v) is 3.01. The summed E-state index contributed by atoms with van der Waals surface area (Å²) in [5, 5.41) is 0. The maximum Gasteiger partial charge on any atom is 0.000514 e. The van der Waals surface area contributed by atoms with Crippen LogP contribution in [0.1, 0.15) is 20.3 Å². The maximum absolute atomic E-state index is 5.29. The summed E-state index contributed by atoms with van der Waals surface area (Å²) in [5.41, 5.74) is 1.58. The van der Waals surface area contributed by atoms with Crippen molar-refractivity contribution in [3.8, 4) is 0 Å². The van der Waals surface area contributed by atoms with E-state index in [9.17, 15) is 0 Å². The van der Waals surface area contributed by atoms with Crippen molar-refractivity contribution in [1.82, 2.24) is 0 Å². The summed E-state index contributed by atoms with van der Waals surface area (Å²) in [6.45, 7) is 4.28. The lowest BCUT2D eigenvalue weighted by Crippen LogP contribution is -1.81. The Labute approximate surface area is 50.2 Å². The lowest BCUT2D eigenvalue weighted by atomic mass is 10.1. The Bertz CT molecular complexity index is 57.2. The molecule has 0 fully saturated rings. The molecule has 0 spiro atoms. The highest BCUT2D eigenvalue weighted by molar-refractivity contribution is 6.25. The van der Waals surface area contributed by atoms with Gasteiger partial charge >= 0.3 is 0 Å². The molecule has 1 atom stereocenters. The quantitative estimate of drug-likeness (QED) is 0.523. The van der Waals surface area contributed by atoms with Crippen LogP contribution >= 0.6 is 11.6 Å². The van der Waals surface area contributed by atoms with E-state index in [1.807, 2.05) is 6.08 Å². The van der Waals surface area contributed by atoms with Crippen molar-refractivity contribution in [1.29, 1.82) is 0 Å². The molecule has 0 rings (SSSR count). The average Bonchev–Trinajstić information content (AvgIpc) is 1.68. The highest BCUT2D eigenvalue weighted by Crippen LogP contribution is 2.01. The van der Waals surface area contributed by atoms with Gasteiger partial charge in [-0.25, -0.2) is 0 Å². The van der Waals surface area contributed by atoms with Gasteiger partial charge in [-0.3, -0.25) is 0 Å². The van der Waals surface area contributed by atoms with Crippen LogP contribution in [0.25, 0.3) is 0 Å².